The predicted octanol–water partition coefficient (Wildman–Crippen LogP) is 15.1. The Balaban J connectivity index is 2.32. The second-order valence-corrected chi connectivity index (χ2v) is 18.9. The molecule has 1 aromatic heterocycles. The maximum atomic E-state index is 4.36. The van der Waals surface area contributed by atoms with Crippen LogP contribution in [0, 0.1) is 5.41 Å². The van der Waals surface area contributed by atoms with Crippen molar-refractivity contribution >= 4 is 32.9 Å². The standard InChI is InChI=1S/C55H75BN2S/c1-16-22-24-26-27-30-44(19-4)49(20-5)58-40-48(50(36-41(7)8)57-35-29-31-43(18-3)42(9)53(10,11)21-6)56(34-28-25-23-17-2)52-38-45-37-46-47(39-51(45)59-52)55(14,15)33-32-54(46,12)13/h17,19-20,22-29,31,34,36-40,57-58H,2,4-5,7,16,18,21,30,32-33,35H2,1,3,6,8-15H3/b24-22-,25-23-,27-26-,31-29-,34-28+,43-42+,48-40-,49-44-,50-36+. The SMILES string of the molecule is C=C/C=C\C=C\B(C(=C\N/C(C=C)=C(/C=C)C/C=C\C=C/CC)/C(=C\C(=C)C)NC/C=C\C(CC)=C(/C)C(C)(C)CC)c1cc2cc3c(cc2s1)C(C)(C)CCC3(C)C. The average Bonchev–Trinajstić information content (AvgIpc) is 3.62. The first-order valence-electron chi connectivity index (χ1n) is 21.8. The summed E-state index contributed by atoms with van der Waals surface area (Å²) in [7, 11) is 0. The van der Waals surface area contributed by atoms with Gasteiger partial charge in [0.25, 0.3) is 6.71 Å². The average molecular weight is 807 g/mol. The fourth-order valence-corrected chi connectivity index (χ4v) is 8.75. The lowest BCUT2D eigenvalue weighted by molar-refractivity contribution is 0.332. The van der Waals surface area contributed by atoms with Crippen LogP contribution in [-0.4, -0.2) is 13.3 Å². The summed E-state index contributed by atoms with van der Waals surface area (Å²) >= 11 is 1.89. The van der Waals surface area contributed by atoms with Crippen LogP contribution in [0.15, 0.2) is 175 Å². The van der Waals surface area contributed by atoms with Crippen molar-refractivity contribution in [2.45, 2.75) is 126 Å². The van der Waals surface area contributed by atoms with E-state index in [0.717, 1.165) is 53.7 Å². The van der Waals surface area contributed by atoms with E-state index in [9.17, 15) is 0 Å². The monoisotopic (exact) mass is 807 g/mol. The number of allylic oxidation sites excluding steroid dienone is 17. The van der Waals surface area contributed by atoms with Crippen LogP contribution in [-0.2, 0) is 10.8 Å². The molecule has 0 unspecified atom stereocenters. The summed E-state index contributed by atoms with van der Waals surface area (Å²) in [6, 6.07) is 7.39. The van der Waals surface area contributed by atoms with Gasteiger partial charge in [0.15, 0.2) is 0 Å². The molecule has 0 spiro atoms. The molecule has 1 aliphatic rings. The highest BCUT2D eigenvalue weighted by molar-refractivity contribution is 7.30. The molecule has 2 aromatic rings. The van der Waals surface area contributed by atoms with Crippen molar-refractivity contribution in [3.63, 3.8) is 0 Å². The van der Waals surface area contributed by atoms with Crippen LogP contribution in [0.4, 0.5) is 0 Å². The van der Waals surface area contributed by atoms with Crippen LogP contribution >= 0.6 is 11.3 Å². The number of nitrogens with one attached hydrogen (secondary N) is 2. The molecule has 3 rings (SSSR count). The largest absolute Gasteiger partial charge is 0.382 e. The van der Waals surface area contributed by atoms with Crippen molar-refractivity contribution in [3.8, 4) is 0 Å². The third-order valence-corrected chi connectivity index (χ3v) is 13.3. The Morgan fingerprint density at radius 1 is 0.847 bits per heavy atom. The molecule has 0 aliphatic heterocycles. The smallest absolute Gasteiger partial charge is 0.251 e. The highest BCUT2D eigenvalue weighted by Crippen LogP contribution is 2.47. The van der Waals surface area contributed by atoms with E-state index >= 15 is 0 Å². The predicted molar refractivity (Wildman–Crippen MR) is 270 cm³/mol. The van der Waals surface area contributed by atoms with Crippen molar-refractivity contribution in [3.05, 3.63) is 186 Å². The normalized spacial score (nSPS) is 16.9. The Labute approximate surface area is 365 Å². The first-order valence-corrected chi connectivity index (χ1v) is 22.6. The van der Waals surface area contributed by atoms with E-state index in [4.69, 9.17) is 0 Å². The van der Waals surface area contributed by atoms with Crippen LogP contribution in [0.1, 0.15) is 126 Å². The van der Waals surface area contributed by atoms with Gasteiger partial charge in [-0.3, -0.25) is 0 Å². The van der Waals surface area contributed by atoms with Gasteiger partial charge < -0.3 is 10.6 Å². The molecule has 0 atom stereocenters. The summed E-state index contributed by atoms with van der Waals surface area (Å²) in [4.78, 5) is 0. The van der Waals surface area contributed by atoms with Gasteiger partial charge in [-0.15, -0.1) is 17.3 Å². The highest BCUT2D eigenvalue weighted by Gasteiger charge is 2.37. The van der Waals surface area contributed by atoms with Gasteiger partial charge >= 0.3 is 0 Å². The quantitative estimate of drug-likeness (QED) is 0.0915. The first kappa shape index (κ1) is 48.8. The van der Waals surface area contributed by atoms with Crippen LogP contribution < -0.4 is 15.4 Å². The maximum absolute atomic E-state index is 4.36. The van der Waals surface area contributed by atoms with Crippen molar-refractivity contribution < 1.29 is 0 Å². The minimum absolute atomic E-state index is 0.0921. The lowest BCUT2D eigenvalue weighted by atomic mass is 9.42. The summed E-state index contributed by atoms with van der Waals surface area (Å²) < 4.78 is 2.60. The van der Waals surface area contributed by atoms with E-state index in [1.165, 1.54) is 50.0 Å². The van der Waals surface area contributed by atoms with Gasteiger partial charge in [0.2, 0.25) is 0 Å². The van der Waals surface area contributed by atoms with Crippen molar-refractivity contribution in [1.82, 2.24) is 10.6 Å². The fourth-order valence-electron chi connectivity index (χ4n) is 7.57. The van der Waals surface area contributed by atoms with Gasteiger partial charge in [0.05, 0.1) is 0 Å². The van der Waals surface area contributed by atoms with Crippen molar-refractivity contribution in [2.24, 2.45) is 5.41 Å². The molecule has 1 aromatic carbocycles. The molecular formula is C55H75BN2S. The summed E-state index contributed by atoms with van der Waals surface area (Å²) in [5.74, 6) is 2.30. The lowest BCUT2D eigenvalue weighted by Crippen LogP contribution is -2.34. The molecule has 1 heterocycles. The van der Waals surface area contributed by atoms with Gasteiger partial charge in [-0.05, 0) is 143 Å². The van der Waals surface area contributed by atoms with E-state index in [1.54, 1.807) is 0 Å². The van der Waals surface area contributed by atoms with Gasteiger partial charge in [0, 0.05) is 22.6 Å². The van der Waals surface area contributed by atoms with Gasteiger partial charge in [0.1, 0.15) is 0 Å². The zero-order chi connectivity index (χ0) is 43.8. The zero-order valence-electron chi connectivity index (χ0n) is 38.7. The summed E-state index contributed by atoms with van der Waals surface area (Å²) in [5.41, 5.74) is 11.3. The van der Waals surface area contributed by atoms with E-state index in [-0.39, 0.29) is 23.0 Å². The molecule has 1 aliphatic carbocycles. The number of hydrogen-bond donors (Lipinski definition) is 2. The fraction of sp³-hybridized carbons (Fsp3) is 0.382. The van der Waals surface area contributed by atoms with Crippen LogP contribution in [0.2, 0.25) is 0 Å². The summed E-state index contributed by atoms with van der Waals surface area (Å²) in [6.07, 6.45) is 35.5. The van der Waals surface area contributed by atoms with Gasteiger partial charge in [-0.25, -0.2) is 0 Å². The van der Waals surface area contributed by atoms with E-state index < -0.39 is 0 Å². The van der Waals surface area contributed by atoms with Gasteiger partial charge in [-0.2, -0.15) is 0 Å². The number of fused-ring (bicyclic) bond motifs is 2. The molecule has 59 heavy (non-hydrogen) atoms. The highest BCUT2D eigenvalue weighted by atomic mass is 32.1. The van der Waals surface area contributed by atoms with Crippen LogP contribution in [0.3, 0.4) is 0 Å². The molecule has 0 amide bonds. The van der Waals surface area contributed by atoms with Crippen molar-refractivity contribution in [1.29, 1.82) is 0 Å². The Kier molecular flexibility index (Phi) is 18.8. The first-order chi connectivity index (χ1) is 28.0. The van der Waals surface area contributed by atoms with Crippen LogP contribution in [0.5, 0.6) is 0 Å². The lowest BCUT2D eigenvalue weighted by Gasteiger charge is -2.41. The number of rotatable bonds is 22. The Morgan fingerprint density at radius 3 is 2.12 bits per heavy atom. The Morgan fingerprint density at radius 2 is 1.53 bits per heavy atom. The molecule has 314 valence electrons. The molecule has 2 N–H and O–H groups in total. The molecule has 4 heteroatoms. The molecule has 0 bridgehead atoms. The number of thiophene rings is 1. The molecule has 0 radical (unpaired) electrons. The van der Waals surface area contributed by atoms with Gasteiger partial charge in [-0.1, -0.05) is 167 Å². The summed E-state index contributed by atoms with van der Waals surface area (Å²) in [6.45, 7) is 42.6. The van der Waals surface area contributed by atoms with E-state index in [1.807, 2.05) is 35.6 Å². The van der Waals surface area contributed by atoms with Crippen molar-refractivity contribution in [2.75, 3.05) is 6.54 Å². The number of hydrogen-bond acceptors (Lipinski definition) is 3. The molecular weight excluding hydrogens is 731 g/mol. The van der Waals surface area contributed by atoms with E-state index in [0.29, 0.717) is 6.54 Å². The van der Waals surface area contributed by atoms with Crippen LogP contribution in [0.25, 0.3) is 10.1 Å². The second-order valence-electron chi connectivity index (χ2n) is 17.8. The maximum Gasteiger partial charge on any atom is 0.251 e. The number of benzene rings is 1. The third-order valence-electron chi connectivity index (χ3n) is 12.1. The zero-order valence-corrected chi connectivity index (χ0v) is 39.5. The third kappa shape index (κ3) is 13.5. The minimum atomic E-state index is -0.0921. The minimum Gasteiger partial charge on any atom is -0.382 e. The second kappa shape index (κ2) is 22.7. The molecule has 2 nitrogen and oxygen atoms in total. The Bertz CT molecular complexity index is 2040. The van der Waals surface area contributed by atoms with E-state index in [2.05, 4.69) is 198 Å². The molecule has 0 saturated heterocycles. The Hall–Kier alpha value is -4.54. The molecule has 0 saturated carbocycles. The summed E-state index contributed by atoms with van der Waals surface area (Å²) in [5, 5.41) is 8.86. The molecule has 0 fully saturated rings. The topological polar surface area (TPSA) is 24.1 Å².